The highest BCUT2D eigenvalue weighted by atomic mass is 15.1. The fourth-order valence-electron chi connectivity index (χ4n) is 10.5. The topological polar surface area (TPSA) is 8.17 Å². The molecule has 284 valence electrons. The van der Waals surface area contributed by atoms with Crippen LogP contribution in [0.15, 0.2) is 230 Å². The third-order valence-electron chi connectivity index (χ3n) is 12.9. The SMILES string of the molecule is [2H]c1c([2H])c2c3c(c([2H])c([2H])c([2H])c3c1[2H])C1(c3ccccc3-c3ccccc31)c1cc(N(c3ccc4c5ccccc5n(-c5ccccc5)c4c3)c3ccccc3-c3ccccc3)ccc1-2. The second-order valence-electron chi connectivity index (χ2n) is 15.9. The molecule has 1 spiro atoms. The number of rotatable bonds is 5. The fourth-order valence-corrected chi connectivity index (χ4v) is 10.5. The van der Waals surface area contributed by atoms with E-state index in [4.69, 9.17) is 1.37 Å². The Kier molecular flexibility index (Phi) is 6.08. The Hall–Kier alpha value is -7.94. The Morgan fingerprint density at radius 3 is 1.79 bits per heavy atom. The number of hydrogen-bond acceptors (Lipinski definition) is 1. The van der Waals surface area contributed by atoms with Crippen molar-refractivity contribution in [2.75, 3.05) is 4.90 Å². The highest BCUT2D eigenvalue weighted by Gasteiger charge is 2.50. The van der Waals surface area contributed by atoms with Gasteiger partial charge in [-0.15, -0.1) is 0 Å². The Morgan fingerprint density at radius 2 is 1.00 bits per heavy atom. The van der Waals surface area contributed by atoms with Crippen LogP contribution in [-0.2, 0) is 5.41 Å². The Balaban J connectivity index is 1.18. The van der Waals surface area contributed by atoms with Crippen LogP contribution in [0.4, 0.5) is 17.1 Å². The van der Waals surface area contributed by atoms with Gasteiger partial charge in [0.15, 0.2) is 0 Å². The molecule has 2 aliphatic rings. The van der Waals surface area contributed by atoms with E-state index in [-0.39, 0.29) is 41.6 Å². The van der Waals surface area contributed by atoms with Crippen molar-refractivity contribution >= 4 is 49.6 Å². The first kappa shape index (κ1) is 28.5. The summed E-state index contributed by atoms with van der Waals surface area (Å²) in [4.78, 5) is 2.30. The molecule has 0 N–H and O–H groups in total. The molecule has 0 fully saturated rings. The van der Waals surface area contributed by atoms with Gasteiger partial charge < -0.3 is 9.47 Å². The third-order valence-corrected chi connectivity index (χ3v) is 12.9. The zero-order valence-corrected chi connectivity index (χ0v) is 32.9. The van der Waals surface area contributed by atoms with Crippen molar-refractivity contribution in [3.8, 4) is 39.1 Å². The largest absolute Gasteiger partial charge is 0.310 e. The van der Waals surface area contributed by atoms with Gasteiger partial charge in [-0.1, -0.05) is 182 Å². The summed E-state index contributed by atoms with van der Waals surface area (Å²) >= 11 is 0. The molecular formula is C59H38N2. The summed E-state index contributed by atoms with van der Waals surface area (Å²) in [5, 5.41) is 2.83. The second kappa shape index (κ2) is 13.0. The fraction of sp³-hybridized carbons (Fsp3) is 0.0169. The van der Waals surface area contributed by atoms with Gasteiger partial charge in [0.05, 0.1) is 30.4 Å². The number of fused-ring (bicyclic) bond motifs is 12. The summed E-state index contributed by atoms with van der Waals surface area (Å²) in [5.41, 5.74) is 13.0. The molecule has 0 unspecified atom stereocenters. The molecule has 0 saturated heterocycles. The van der Waals surface area contributed by atoms with Crippen LogP contribution < -0.4 is 4.90 Å². The van der Waals surface area contributed by atoms with Crippen molar-refractivity contribution in [3.05, 3.63) is 253 Å². The van der Waals surface area contributed by atoms with Gasteiger partial charge in [0.1, 0.15) is 0 Å². The predicted molar refractivity (Wildman–Crippen MR) is 255 cm³/mol. The maximum atomic E-state index is 9.91. The molecule has 11 aromatic rings. The van der Waals surface area contributed by atoms with Crippen LogP contribution in [0.25, 0.3) is 71.6 Å². The van der Waals surface area contributed by atoms with E-state index in [2.05, 4.69) is 161 Å². The van der Waals surface area contributed by atoms with Gasteiger partial charge in [0, 0.05) is 33.4 Å². The predicted octanol–water partition coefficient (Wildman–Crippen LogP) is 15.4. The molecule has 2 nitrogen and oxygen atoms in total. The van der Waals surface area contributed by atoms with Gasteiger partial charge in [-0.3, -0.25) is 0 Å². The lowest BCUT2D eigenvalue weighted by Gasteiger charge is -2.41. The lowest BCUT2D eigenvalue weighted by atomic mass is 9.61. The molecule has 0 atom stereocenters. The van der Waals surface area contributed by atoms with Crippen LogP contribution in [0.5, 0.6) is 0 Å². The van der Waals surface area contributed by atoms with Crippen LogP contribution in [-0.4, -0.2) is 4.57 Å². The van der Waals surface area contributed by atoms with Crippen molar-refractivity contribution in [1.82, 2.24) is 4.57 Å². The van der Waals surface area contributed by atoms with Crippen LogP contribution in [0, 0.1) is 0 Å². The molecule has 0 bridgehead atoms. The Bertz CT molecular complexity index is 3840. The third kappa shape index (κ3) is 4.73. The summed E-state index contributed by atoms with van der Waals surface area (Å²) in [6.07, 6.45) is 0. The van der Waals surface area contributed by atoms with Crippen LogP contribution in [0.2, 0.25) is 0 Å². The van der Waals surface area contributed by atoms with E-state index in [1.54, 1.807) is 0 Å². The number of anilines is 3. The number of aromatic nitrogens is 1. The van der Waals surface area contributed by atoms with Crippen LogP contribution >= 0.6 is 0 Å². The van der Waals surface area contributed by atoms with Gasteiger partial charge >= 0.3 is 0 Å². The van der Waals surface area contributed by atoms with Crippen LogP contribution in [0.1, 0.15) is 30.5 Å². The molecule has 2 aliphatic carbocycles. The standard InChI is InChI=1S/C59H38N2/c1-3-17-39(18-4-1)44-23-9-13-31-55(44)60(43-34-36-49-48-26-10-14-32-56(48)61(57(49)38-43)41-21-5-2-6-22-41)42-33-35-47-50-27-15-19-40-20-16-30-53(58(40)50)59(54(47)37-42)51-28-11-7-24-45(51)46-25-8-12-29-52(46)59/h1-38H/i15D,16D,19D,20D,27D,30D. The van der Waals surface area contributed by atoms with Crippen molar-refractivity contribution in [1.29, 1.82) is 0 Å². The summed E-state index contributed by atoms with van der Waals surface area (Å²) < 4.78 is 58.7. The molecule has 1 heterocycles. The number of benzene rings is 10. The molecule has 13 rings (SSSR count). The second-order valence-corrected chi connectivity index (χ2v) is 15.9. The van der Waals surface area contributed by atoms with Gasteiger partial charge in [-0.2, -0.15) is 0 Å². The van der Waals surface area contributed by atoms with Crippen molar-refractivity contribution in [3.63, 3.8) is 0 Å². The van der Waals surface area contributed by atoms with Crippen molar-refractivity contribution in [2.24, 2.45) is 0 Å². The molecule has 0 amide bonds. The molecule has 0 radical (unpaired) electrons. The van der Waals surface area contributed by atoms with E-state index < -0.39 is 5.41 Å². The highest BCUT2D eigenvalue weighted by molar-refractivity contribution is 6.11. The molecule has 0 aliphatic heterocycles. The zero-order valence-electron chi connectivity index (χ0n) is 38.9. The van der Waals surface area contributed by atoms with E-state index in [0.717, 1.165) is 83.5 Å². The first-order chi connectivity index (χ1) is 32.8. The average Bonchev–Trinajstić information content (AvgIpc) is 3.86. The average molecular weight is 781 g/mol. The monoisotopic (exact) mass is 780 g/mol. The summed E-state index contributed by atoms with van der Waals surface area (Å²) in [6.45, 7) is 0. The quantitative estimate of drug-likeness (QED) is 0.169. The molecule has 1 aromatic heterocycles. The summed E-state index contributed by atoms with van der Waals surface area (Å²) in [6, 6.07) is 65.8. The van der Waals surface area contributed by atoms with Gasteiger partial charge in [0.2, 0.25) is 0 Å². The van der Waals surface area contributed by atoms with E-state index in [1.165, 1.54) is 0 Å². The number of nitrogens with zero attached hydrogens (tertiary/aromatic N) is 2. The van der Waals surface area contributed by atoms with Crippen molar-refractivity contribution in [2.45, 2.75) is 5.41 Å². The zero-order chi connectivity index (χ0) is 45.3. The van der Waals surface area contributed by atoms with Gasteiger partial charge in [0.25, 0.3) is 0 Å². The number of hydrogen-bond donors (Lipinski definition) is 0. The molecular weight excluding hydrogens is 737 g/mol. The number of para-hydroxylation sites is 3. The summed E-state index contributed by atoms with van der Waals surface area (Å²) in [7, 11) is 0. The van der Waals surface area contributed by atoms with Crippen molar-refractivity contribution < 1.29 is 8.22 Å². The molecule has 2 heteroatoms. The maximum absolute atomic E-state index is 9.91. The Labute approximate surface area is 363 Å². The van der Waals surface area contributed by atoms with E-state index >= 15 is 0 Å². The van der Waals surface area contributed by atoms with Gasteiger partial charge in [-0.05, 0) is 109 Å². The normalized spacial score (nSPS) is 14.4. The minimum Gasteiger partial charge on any atom is -0.310 e. The van der Waals surface area contributed by atoms with Gasteiger partial charge in [-0.25, -0.2) is 0 Å². The molecule has 10 aromatic carbocycles. The van der Waals surface area contributed by atoms with E-state index in [1.807, 2.05) is 42.5 Å². The highest BCUT2D eigenvalue weighted by Crippen LogP contribution is 2.62. The van der Waals surface area contributed by atoms with E-state index in [9.17, 15) is 6.85 Å². The summed E-state index contributed by atoms with van der Waals surface area (Å²) in [5.74, 6) is 0. The molecule has 0 saturated carbocycles. The minimum atomic E-state index is -1.19. The smallest absolute Gasteiger partial charge is 0.0726 e. The minimum absolute atomic E-state index is 0.122. The maximum Gasteiger partial charge on any atom is 0.0726 e. The lowest BCUT2D eigenvalue weighted by Crippen LogP contribution is -2.32. The van der Waals surface area contributed by atoms with Crippen LogP contribution in [0.3, 0.4) is 0 Å². The lowest BCUT2D eigenvalue weighted by molar-refractivity contribution is 0.773. The van der Waals surface area contributed by atoms with E-state index in [0.29, 0.717) is 22.1 Å². The first-order valence-corrected chi connectivity index (χ1v) is 20.7. The first-order valence-electron chi connectivity index (χ1n) is 23.7. The Morgan fingerprint density at radius 1 is 0.410 bits per heavy atom. The molecule has 61 heavy (non-hydrogen) atoms.